The lowest BCUT2D eigenvalue weighted by Crippen LogP contribution is -2.59. The van der Waals surface area contributed by atoms with Crippen LogP contribution in [0.2, 0.25) is 0 Å². The van der Waals surface area contributed by atoms with Crippen molar-refractivity contribution in [2.75, 3.05) is 13.2 Å². The molecule has 3 N–H and O–H groups in total. The van der Waals surface area contributed by atoms with E-state index in [2.05, 4.69) is 0 Å². The first-order valence-corrected chi connectivity index (χ1v) is 5.39. The number of ether oxygens (including phenoxy) is 3. The maximum absolute atomic E-state index is 9.68. The van der Waals surface area contributed by atoms with Crippen molar-refractivity contribution in [3.05, 3.63) is 0 Å². The third kappa shape index (κ3) is 2.09. The molecule has 2 aliphatic rings. The van der Waals surface area contributed by atoms with Gasteiger partial charge in [0.15, 0.2) is 5.79 Å². The number of hydrogen-bond donors (Lipinski definition) is 3. The third-order valence-electron chi connectivity index (χ3n) is 2.89. The van der Waals surface area contributed by atoms with E-state index in [0.29, 0.717) is 0 Å². The molecule has 0 saturated carbocycles. The van der Waals surface area contributed by atoms with Crippen LogP contribution in [0.15, 0.2) is 0 Å². The van der Waals surface area contributed by atoms with Gasteiger partial charge in [-0.25, -0.2) is 0 Å². The Bertz CT molecular complexity index is 256. The van der Waals surface area contributed by atoms with E-state index in [9.17, 15) is 10.2 Å². The average molecular weight is 234 g/mol. The molecule has 2 saturated heterocycles. The molecule has 0 radical (unpaired) electrons. The number of fused-ring (bicyclic) bond motifs is 1. The summed E-state index contributed by atoms with van der Waals surface area (Å²) in [4.78, 5) is 0. The van der Waals surface area contributed by atoms with Gasteiger partial charge in [-0.1, -0.05) is 0 Å². The molecule has 5 unspecified atom stereocenters. The predicted octanol–water partition coefficient (Wildman–Crippen LogP) is -1.38. The fourth-order valence-electron chi connectivity index (χ4n) is 2.20. The molecule has 2 rings (SSSR count). The summed E-state index contributed by atoms with van der Waals surface area (Å²) < 4.78 is 16.4. The van der Waals surface area contributed by atoms with Gasteiger partial charge < -0.3 is 29.5 Å². The van der Waals surface area contributed by atoms with Crippen molar-refractivity contribution in [3.63, 3.8) is 0 Å². The van der Waals surface area contributed by atoms with Crippen LogP contribution < -0.4 is 0 Å². The van der Waals surface area contributed by atoms with Crippen molar-refractivity contribution in [3.8, 4) is 0 Å². The number of hydrogen-bond acceptors (Lipinski definition) is 6. The van der Waals surface area contributed by atoms with Gasteiger partial charge in [0.1, 0.15) is 30.5 Å². The van der Waals surface area contributed by atoms with Crippen molar-refractivity contribution >= 4 is 0 Å². The molecule has 0 spiro atoms. The summed E-state index contributed by atoms with van der Waals surface area (Å²) >= 11 is 0. The van der Waals surface area contributed by atoms with Crippen molar-refractivity contribution < 1.29 is 29.5 Å². The van der Waals surface area contributed by atoms with Gasteiger partial charge in [-0.3, -0.25) is 0 Å². The van der Waals surface area contributed by atoms with Gasteiger partial charge in [0.2, 0.25) is 0 Å². The largest absolute Gasteiger partial charge is 0.394 e. The van der Waals surface area contributed by atoms with Crippen LogP contribution in [0.1, 0.15) is 13.8 Å². The minimum atomic E-state index is -1.04. The monoisotopic (exact) mass is 234 g/mol. The standard InChI is InChI=1S/C10H18O6/c1-10(2)15-7(5(12)3-11)9-8(16-10)6(13)4-14-9/h5-9,11-13H,3-4H2,1-2H3. The molecule has 0 aliphatic carbocycles. The van der Waals surface area contributed by atoms with Crippen LogP contribution in [0.3, 0.4) is 0 Å². The second-order valence-corrected chi connectivity index (χ2v) is 4.68. The quantitative estimate of drug-likeness (QED) is 0.546. The van der Waals surface area contributed by atoms with E-state index >= 15 is 0 Å². The Hall–Kier alpha value is -0.240. The van der Waals surface area contributed by atoms with E-state index in [0.717, 1.165) is 0 Å². The fourth-order valence-corrected chi connectivity index (χ4v) is 2.20. The first-order chi connectivity index (χ1) is 7.44. The van der Waals surface area contributed by atoms with Gasteiger partial charge in [-0.15, -0.1) is 0 Å². The highest BCUT2D eigenvalue weighted by atomic mass is 16.7. The van der Waals surface area contributed by atoms with Gasteiger partial charge in [0.25, 0.3) is 0 Å². The lowest BCUT2D eigenvalue weighted by molar-refractivity contribution is -0.341. The fraction of sp³-hybridized carbons (Fsp3) is 1.00. The lowest BCUT2D eigenvalue weighted by atomic mass is 9.99. The Morgan fingerprint density at radius 1 is 1.31 bits per heavy atom. The van der Waals surface area contributed by atoms with Crippen LogP contribution in [0.25, 0.3) is 0 Å². The second kappa shape index (κ2) is 4.21. The molecule has 6 nitrogen and oxygen atoms in total. The third-order valence-corrected chi connectivity index (χ3v) is 2.89. The van der Waals surface area contributed by atoms with Crippen molar-refractivity contribution in [2.24, 2.45) is 0 Å². The van der Waals surface area contributed by atoms with Crippen molar-refractivity contribution in [1.29, 1.82) is 0 Å². The molecular weight excluding hydrogens is 216 g/mol. The average Bonchev–Trinajstić information content (AvgIpc) is 2.57. The molecule has 0 aromatic carbocycles. The van der Waals surface area contributed by atoms with Crippen LogP contribution in [-0.2, 0) is 14.2 Å². The van der Waals surface area contributed by atoms with E-state index < -0.39 is 42.9 Å². The van der Waals surface area contributed by atoms with E-state index in [1.807, 2.05) is 0 Å². The molecule has 5 atom stereocenters. The summed E-state index contributed by atoms with van der Waals surface area (Å²) in [5.41, 5.74) is 0. The van der Waals surface area contributed by atoms with Crippen LogP contribution >= 0.6 is 0 Å². The normalized spacial score (nSPS) is 44.1. The van der Waals surface area contributed by atoms with E-state index in [1.165, 1.54) is 0 Å². The zero-order valence-corrected chi connectivity index (χ0v) is 9.37. The summed E-state index contributed by atoms with van der Waals surface area (Å²) in [7, 11) is 0. The highest BCUT2D eigenvalue weighted by molar-refractivity contribution is 4.97. The Balaban J connectivity index is 2.17. The molecule has 2 heterocycles. The number of rotatable bonds is 2. The van der Waals surface area contributed by atoms with Gasteiger partial charge in [-0.05, 0) is 13.8 Å². The molecule has 0 aromatic heterocycles. The first-order valence-electron chi connectivity index (χ1n) is 5.39. The Labute approximate surface area is 93.7 Å². The Morgan fingerprint density at radius 2 is 2.00 bits per heavy atom. The van der Waals surface area contributed by atoms with E-state index in [1.54, 1.807) is 13.8 Å². The molecule has 2 fully saturated rings. The lowest BCUT2D eigenvalue weighted by Gasteiger charge is -2.44. The van der Waals surface area contributed by atoms with Gasteiger partial charge in [0, 0.05) is 0 Å². The van der Waals surface area contributed by atoms with E-state index in [4.69, 9.17) is 19.3 Å². The Morgan fingerprint density at radius 3 is 2.62 bits per heavy atom. The molecule has 0 amide bonds. The van der Waals surface area contributed by atoms with Crippen LogP contribution in [0.5, 0.6) is 0 Å². The SMILES string of the molecule is CC1(C)OC(C(O)CO)C2OCC(O)C2O1. The van der Waals surface area contributed by atoms with Gasteiger partial charge in [-0.2, -0.15) is 0 Å². The maximum Gasteiger partial charge on any atom is 0.164 e. The second-order valence-electron chi connectivity index (χ2n) is 4.68. The van der Waals surface area contributed by atoms with Crippen LogP contribution in [-0.4, -0.2) is 64.8 Å². The number of aliphatic hydroxyl groups is 3. The summed E-state index contributed by atoms with van der Waals surface area (Å²) in [6, 6.07) is 0. The zero-order chi connectivity index (χ0) is 11.9. The molecule has 94 valence electrons. The topological polar surface area (TPSA) is 88.4 Å². The summed E-state index contributed by atoms with van der Waals surface area (Å²) in [5, 5.41) is 28.3. The molecule has 0 bridgehead atoms. The van der Waals surface area contributed by atoms with Crippen LogP contribution in [0, 0.1) is 0 Å². The minimum Gasteiger partial charge on any atom is -0.394 e. The molecule has 2 aliphatic heterocycles. The Kier molecular flexibility index (Phi) is 3.22. The summed E-state index contributed by atoms with van der Waals surface area (Å²) in [6.07, 6.45) is -3.50. The highest BCUT2D eigenvalue weighted by Gasteiger charge is 2.52. The molecule has 6 heteroatoms. The minimum absolute atomic E-state index is 0.156. The van der Waals surface area contributed by atoms with Crippen molar-refractivity contribution in [2.45, 2.75) is 50.2 Å². The molecule has 16 heavy (non-hydrogen) atoms. The first kappa shape index (κ1) is 12.2. The summed E-state index contributed by atoms with van der Waals surface area (Å²) in [5.74, 6) is -0.906. The predicted molar refractivity (Wildman–Crippen MR) is 52.7 cm³/mol. The highest BCUT2D eigenvalue weighted by Crippen LogP contribution is 2.35. The number of aliphatic hydroxyl groups excluding tert-OH is 3. The smallest absolute Gasteiger partial charge is 0.164 e. The molecule has 0 aromatic rings. The van der Waals surface area contributed by atoms with Crippen molar-refractivity contribution in [1.82, 2.24) is 0 Å². The molecular formula is C10H18O6. The zero-order valence-electron chi connectivity index (χ0n) is 9.37. The van der Waals surface area contributed by atoms with E-state index in [-0.39, 0.29) is 6.61 Å². The summed E-state index contributed by atoms with van der Waals surface area (Å²) in [6.45, 7) is 3.14. The van der Waals surface area contributed by atoms with Gasteiger partial charge >= 0.3 is 0 Å². The van der Waals surface area contributed by atoms with Crippen LogP contribution in [0.4, 0.5) is 0 Å². The maximum atomic E-state index is 9.68. The van der Waals surface area contributed by atoms with Gasteiger partial charge in [0.05, 0.1) is 13.2 Å².